The molecule has 0 saturated heterocycles. The molecule has 4 nitrogen and oxygen atoms in total. The first-order valence-electron chi connectivity index (χ1n) is 12.4. The Morgan fingerprint density at radius 1 is 0.943 bits per heavy atom. The van der Waals surface area contributed by atoms with Gasteiger partial charge in [0.15, 0.2) is 5.78 Å². The molecule has 1 saturated carbocycles. The number of benzene rings is 2. The fourth-order valence-electron chi connectivity index (χ4n) is 5.81. The third-order valence-corrected chi connectivity index (χ3v) is 8.29. The number of aliphatic imine (C=N–C) groups is 1. The first kappa shape index (κ1) is 24.3. The number of ether oxygens (including phenoxy) is 1. The molecule has 2 aromatic carbocycles. The summed E-state index contributed by atoms with van der Waals surface area (Å²) in [4.78, 5) is 32.1. The Morgan fingerprint density at radius 2 is 1.69 bits per heavy atom. The zero-order valence-corrected chi connectivity index (χ0v) is 21.3. The topological polar surface area (TPSA) is 55.7 Å². The minimum atomic E-state index is -0.662. The molecule has 2 aliphatic carbocycles. The lowest BCUT2D eigenvalue weighted by atomic mass is 9.69. The molecular weight excluding hydrogens is 481 g/mol. The van der Waals surface area contributed by atoms with Gasteiger partial charge in [0.2, 0.25) is 0 Å². The summed E-state index contributed by atoms with van der Waals surface area (Å²) in [7, 11) is 0. The second kappa shape index (κ2) is 10.3. The average molecular weight is 510 g/mol. The Labute approximate surface area is 216 Å². The average Bonchev–Trinajstić information content (AvgIpc) is 2.86. The lowest BCUT2D eigenvalue weighted by molar-refractivity contribution is -0.153. The van der Waals surface area contributed by atoms with Crippen molar-refractivity contribution in [3.63, 3.8) is 0 Å². The van der Waals surface area contributed by atoms with Crippen LogP contribution in [0.1, 0.15) is 74.8 Å². The monoisotopic (exact) mass is 509 g/mol. The summed E-state index contributed by atoms with van der Waals surface area (Å²) >= 11 is 12.6. The zero-order chi connectivity index (χ0) is 24.5. The summed E-state index contributed by atoms with van der Waals surface area (Å²) < 4.78 is 6.00. The van der Waals surface area contributed by atoms with Gasteiger partial charge in [-0.2, -0.15) is 0 Å². The second-order valence-electron chi connectivity index (χ2n) is 9.88. The molecule has 3 aliphatic rings. The molecule has 2 aromatic rings. The van der Waals surface area contributed by atoms with Crippen molar-refractivity contribution in [1.82, 2.24) is 0 Å². The van der Waals surface area contributed by atoms with E-state index in [1.165, 1.54) is 6.42 Å². The van der Waals surface area contributed by atoms with Crippen LogP contribution < -0.4 is 0 Å². The van der Waals surface area contributed by atoms with Gasteiger partial charge in [-0.1, -0.05) is 66.0 Å². The molecule has 0 radical (unpaired) electrons. The van der Waals surface area contributed by atoms with E-state index in [9.17, 15) is 9.59 Å². The van der Waals surface area contributed by atoms with E-state index in [1.54, 1.807) is 12.1 Å². The molecule has 1 aliphatic heterocycles. The van der Waals surface area contributed by atoms with Crippen LogP contribution in [0.15, 0.2) is 64.8 Å². The predicted octanol–water partition coefficient (Wildman–Crippen LogP) is 7.44. The minimum Gasteiger partial charge on any atom is -0.462 e. The van der Waals surface area contributed by atoms with Crippen LogP contribution in [-0.2, 0) is 14.3 Å². The summed E-state index contributed by atoms with van der Waals surface area (Å²) in [5, 5.41) is 0.836. The van der Waals surface area contributed by atoms with Gasteiger partial charge in [0.05, 0.1) is 10.0 Å². The van der Waals surface area contributed by atoms with Crippen molar-refractivity contribution in [1.29, 1.82) is 0 Å². The Morgan fingerprint density at radius 3 is 2.40 bits per heavy atom. The van der Waals surface area contributed by atoms with E-state index in [1.807, 2.05) is 31.2 Å². The van der Waals surface area contributed by atoms with Crippen molar-refractivity contribution in [3.8, 4) is 0 Å². The predicted molar refractivity (Wildman–Crippen MR) is 139 cm³/mol. The number of Topliss-reactive ketones (excluding diaryl/α,β-unsaturated/α-hetero) is 1. The van der Waals surface area contributed by atoms with Gasteiger partial charge in [-0.25, -0.2) is 0 Å². The van der Waals surface area contributed by atoms with Crippen molar-refractivity contribution >= 4 is 40.7 Å². The van der Waals surface area contributed by atoms with Crippen LogP contribution in [-0.4, -0.2) is 23.6 Å². The molecule has 0 bridgehead atoms. The van der Waals surface area contributed by atoms with Crippen LogP contribution in [0.25, 0.3) is 0 Å². The fourth-order valence-corrected chi connectivity index (χ4v) is 6.12. The van der Waals surface area contributed by atoms with Gasteiger partial charge in [0.1, 0.15) is 12.0 Å². The highest BCUT2D eigenvalue weighted by Gasteiger charge is 2.45. The molecule has 5 rings (SSSR count). The van der Waals surface area contributed by atoms with Crippen molar-refractivity contribution in [3.05, 3.63) is 81.0 Å². The molecule has 0 amide bonds. The fraction of sp³-hybridized carbons (Fsp3) is 0.414. The SMILES string of the molecule is CC1=NC2=C(C(=O)C[C@@H](c3ccccc3)C2)[C@@H](c2ccc(Cl)c(Cl)c2)C1C(=O)OC1CCCCC1. The molecular formula is C29H29Cl2NO3. The van der Waals surface area contributed by atoms with Crippen molar-refractivity contribution in [2.75, 3.05) is 0 Å². The van der Waals surface area contributed by atoms with Crippen LogP contribution in [0, 0.1) is 5.92 Å². The van der Waals surface area contributed by atoms with E-state index < -0.39 is 11.8 Å². The number of hydrogen-bond donors (Lipinski definition) is 0. The number of ketones is 1. The van der Waals surface area contributed by atoms with E-state index in [2.05, 4.69) is 12.1 Å². The Hall–Kier alpha value is -2.43. The summed E-state index contributed by atoms with van der Waals surface area (Å²) in [6.45, 7) is 1.87. The number of carbonyl (C=O) groups is 2. The van der Waals surface area contributed by atoms with Crippen LogP contribution in [0.3, 0.4) is 0 Å². The van der Waals surface area contributed by atoms with Crippen molar-refractivity contribution < 1.29 is 14.3 Å². The molecule has 6 heteroatoms. The number of halogens is 2. The number of allylic oxidation sites excluding steroid dienone is 2. The van der Waals surface area contributed by atoms with Gasteiger partial charge in [-0.3, -0.25) is 14.6 Å². The third-order valence-electron chi connectivity index (χ3n) is 7.55. The van der Waals surface area contributed by atoms with Crippen molar-refractivity contribution in [2.24, 2.45) is 10.9 Å². The van der Waals surface area contributed by atoms with Crippen LogP contribution in [0.5, 0.6) is 0 Å². The Balaban J connectivity index is 1.54. The first-order valence-corrected chi connectivity index (χ1v) is 13.2. The Bertz CT molecular complexity index is 1200. The summed E-state index contributed by atoms with van der Waals surface area (Å²) in [5.74, 6) is -1.36. The van der Waals surface area contributed by atoms with Gasteiger partial charge >= 0.3 is 5.97 Å². The molecule has 35 heavy (non-hydrogen) atoms. The number of nitrogens with zero attached hydrogens (tertiary/aromatic N) is 1. The van der Waals surface area contributed by atoms with E-state index in [-0.39, 0.29) is 23.8 Å². The highest BCUT2D eigenvalue weighted by Crippen LogP contribution is 2.47. The van der Waals surface area contributed by atoms with Crippen LogP contribution in [0.2, 0.25) is 10.0 Å². The number of rotatable bonds is 4. The third kappa shape index (κ3) is 4.96. The summed E-state index contributed by atoms with van der Waals surface area (Å²) in [5.41, 5.74) is 3.99. The molecule has 182 valence electrons. The van der Waals surface area contributed by atoms with Gasteiger partial charge in [0, 0.05) is 29.3 Å². The lowest BCUT2D eigenvalue weighted by Gasteiger charge is -2.37. The highest BCUT2D eigenvalue weighted by molar-refractivity contribution is 6.42. The number of esters is 1. The second-order valence-corrected chi connectivity index (χ2v) is 10.7. The quantitative estimate of drug-likeness (QED) is 0.402. The van der Waals surface area contributed by atoms with Gasteiger partial charge in [0.25, 0.3) is 0 Å². The largest absolute Gasteiger partial charge is 0.462 e. The molecule has 0 spiro atoms. The molecule has 0 N–H and O–H groups in total. The maximum absolute atomic E-state index is 13.7. The van der Waals surface area contributed by atoms with Gasteiger partial charge < -0.3 is 4.74 Å². The van der Waals surface area contributed by atoms with Crippen LogP contribution >= 0.6 is 23.2 Å². The molecule has 1 unspecified atom stereocenters. The number of carbonyl (C=O) groups excluding carboxylic acids is 2. The molecule has 0 aromatic heterocycles. The normalized spacial score (nSPS) is 25.2. The van der Waals surface area contributed by atoms with E-state index in [0.29, 0.717) is 34.2 Å². The first-order chi connectivity index (χ1) is 16.9. The maximum Gasteiger partial charge on any atom is 0.315 e. The highest BCUT2D eigenvalue weighted by atomic mass is 35.5. The standard InChI is InChI=1S/C29H29Cl2NO3/c1-17-26(29(34)35-21-10-6-3-7-11-21)27(19-12-13-22(30)23(31)14-19)28-24(32-17)15-20(16-25(28)33)18-8-4-2-5-9-18/h2,4-5,8-9,12-14,20-21,26-27H,3,6-7,10-11,15-16H2,1H3/t20-,26?,27-/m0/s1. The summed E-state index contributed by atoms with van der Waals surface area (Å²) in [6.07, 6.45) is 6.07. The summed E-state index contributed by atoms with van der Waals surface area (Å²) in [6, 6.07) is 15.4. The smallest absolute Gasteiger partial charge is 0.315 e. The van der Waals surface area contributed by atoms with Crippen molar-refractivity contribution in [2.45, 2.75) is 69.8 Å². The minimum absolute atomic E-state index is 0.0305. The molecule has 1 heterocycles. The van der Waals surface area contributed by atoms with Gasteiger partial charge in [-0.15, -0.1) is 0 Å². The maximum atomic E-state index is 13.7. The molecule has 1 fully saturated rings. The molecule has 3 atom stereocenters. The Kier molecular flexibility index (Phi) is 7.13. The zero-order valence-electron chi connectivity index (χ0n) is 19.8. The van der Waals surface area contributed by atoms with E-state index >= 15 is 0 Å². The lowest BCUT2D eigenvalue weighted by Crippen LogP contribution is -2.39. The number of hydrogen-bond acceptors (Lipinski definition) is 4. The van der Waals surface area contributed by atoms with Crippen LogP contribution in [0.4, 0.5) is 0 Å². The van der Waals surface area contributed by atoms with E-state index in [0.717, 1.165) is 42.5 Å². The van der Waals surface area contributed by atoms with E-state index in [4.69, 9.17) is 32.9 Å². The van der Waals surface area contributed by atoms with Gasteiger partial charge in [-0.05, 0) is 68.2 Å².